The molecule has 0 saturated heterocycles. The van der Waals surface area contributed by atoms with Gasteiger partial charge in [0.2, 0.25) is 11.9 Å². The minimum Gasteiger partial charge on any atom is -0.188 e. The SMILES string of the molecule is Fc1nc(F)c(Cl)c(CBr)c1Cl. The number of hydrogen-bond donors (Lipinski definition) is 0. The molecule has 0 atom stereocenters. The van der Waals surface area contributed by atoms with Crippen LogP contribution in [-0.4, -0.2) is 4.98 Å². The number of halogens is 5. The molecule has 0 saturated carbocycles. The summed E-state index contributed by atoms with van der Waals surface area (Å²) in [7, 11) is 0. The summed E-state index contributed by atoms with van der Waals surface area (Å²) in [5, 5.41) is -0.322. The number of aromatic nitrogens is 1. The zero-order valence-electron chi connectivity index (χ0n) is 5.54. The minimum absolute atomic E-state index is 0.170. The van der Waals surface area contributed by atoms with Gasteiger partial charge in [-0.3, -0.25) is 0 Å². The van der Waals surface area contributed by atoms with Gasteiger partial charge in [0, 0.05) is 10.9 Å². The molecule has 1 aromatic heterocycles. The van der Waals surface area contributed by atoms with Crippen molar-refractivity contribution in [2.45, 2.75) is 5.33 Å². The lowest BCUT2D eigenvalue weighted by Crippen LogP contribution is -1.96. The van der Waals surface area contributed by atoms with Crippen LogP contribution in [0, 0.1) is 11.9 Å². The number of nitrogens with zero attached hydrogens (tertiary/aromatic N) is 1. The van der Waals surface area contributed by atoms with Gasteiger partial charge in [0.05, 0.1) is 0 Å². The minimum atomic E-state index is -1.05. The van der Waals surface area contributed by atoms with Crippen LogP contribution in [0.3, 0.4) is 0 Å². The van der Waals surface area contributed by atoms with Gasteiger partial charge >= 0.3 is 0 Å². The largest absolute Gasteiger partial charge is 0.234 e. The lowest BCUT2D eigenvalue weighted by Gasteiger charge is -2.03. The Balaban J connectivity index is 3.42. The van der Waals surface area contributed by atoms with E-state index in [9.17, 15) is 8.78 Å². The quantitative estimate of drug-likeness (QED) is 0.565. The first-order valence-electron chi connectivity index (χ1n) is 2.82. The summed E-state index contributed by atoms with van der Waals surface area (Å²) in [4.78, 5) is 2.86. The Labute approximate surface area is 85.8 Å². The molecule has 1 aromatic rings. The first-order chi connectivity index (χ1) is 5.57. The van der Waals surface area contributed by atoms with Crippen molar-refractivity contribution in [3.8, 4) is 0 Å². The molecule has 66 valence electrons. The Morgan fingerprint density at radius 2 is 1.58 bits per heavy atom. The van der Waals surface area contributed by atoms with Gasteiger partial charge in [-0.15, -0.1) is 0 Å². The fourth-order valence-electron chi connectivity index (χ4n) is 0.647. The van der Waals surface area contributed by atoms with Crippen molar-refractivity contribution in [3.05, 3.63) is 27.5 Å². The molecule has 0 fully saturated rings. The third-order valence-corrected chi connectivity index (χ3v) is 2.55. The van der Waals surface area contributed by atoms with E-state index < -0.39 is 11.9 Å². The highest BCUT2D eigenvalue weighted by Crippen LogP contribution is 2.29. The molecule has 0 N–H and O–H groups in total. The van der Waals surface area contributed by atoms with Crippen LogP contribution in [0.4, 0.5) is 8.78 Å². The monoisotopic (exact) mass is 275 g/mol. The zero-order chi connectivity index (χ0) is 9.30. The van der Waals surface area contributed by atoms with Gasteiger partial charge in [0.1, 0.15) is 10.0 Å². The average molecular weight is 277 g/mol. The molecule has 0 bridgehead atoms. The van der Waals surface area contributed by atoms with Gasteiger partial charge in [-0.05, 0) is 0 Å². The fraction of sp³-hybridized carbons (Fsp3) is 0.167. The summed E-state index contributed by atoms with van der Waals surface area (Å²) in [5.41, 5.74) is 0.170. The molecular formula is C6H2BrCl2F2N. The Kier molecular flexibility index (Phi) is 3.26. The van der Waals surface area contributed by atoms with E-state index in [4.69, 9.17) is 23.2 Å². The van der Waals surface area contributed by atoms with E-state index in [0.717, 1.165) is 0 Å². The maximum atomic E-state index is 12.6. The summed E-state index contributed by atoms with van der Waals surface area (Å²) in [6.07, 6.45) is 0. The predicted octanol–water partition coefficient (Wildman–Crippen LogP) is 3.56. The van der Waals surface area contributed by atoms with Crippen LogP contribution in [0.5, 0.6) is 0 Å². The molecular weight excluding hydrogens is 275 g/mol. The molecule has 6 heteroatoms. The van der Waals surface area contributed by atoms with Crippen molar-refractivity contribution in [2.24, 2.45) is 0 Å². The Bertz CT molecular complexity index is 293. The maximum Gasteiger partial charge on any atom is 0.234 e. The molecule has 0 spiro atoms. The molecule has 0 aromatic carbocycles. The van der Waals surface area contributed by atoms with E-state index in [0.29, 0.717) is 0 Å². The lowest BCUT2D eigenvalue weighted by atomic mass is 10.3. The second-order valence-electron chi connectivity index (χ2n) is 1.93. The van der Waals surface area contributed by atoms with Crippen molar-refractivity contribution in [1.29, 1.82) is 0 Å². The average Bonchev–Trinajstić information content (AvgIpc) is 2.02. The van der Waals surface area contributed by atoms with Gasteiger partial charge in [-0.25, -0.2) is 0 Å². The molecule has 1 nitrogen and oxygen atoms in total. The van der Waals surface area contributed by atoms with Crippen molar-refractivity contribution in [2.75, 3.05) is 0 Å². The molecule has 0 amide bonds. The summed E-state index contributed by atoms with van der Waals surface area (Å²) in [5.74, 6) is -2.10. The Morgan fingerprint density at radius 3 is 1.92 bits per heavy atom. The number of rotatable bonds is 1. The van der Waals surface area contributed by atoms with Gasteiger partial charge in [-0.1, -0.05) is 39.1 Å². The van der Waals surface area contributed by atoms with Crippen LogP contribution in [0.2, 0.25) is 10.0 Å². The molecule has 12 heavy (non-hydrogen) atoms. The summed E-state index contributed by atoms with van der Waals surface area (Å²) in [6, 6.07) is 0. The van der Waals surface area contributed by atoms with Crippen molar-refractivity contribution in [3.63, 3.8) is 0 Å². The van der Waals surface area contributed by atoms with Crippen molar-refractivity contribution in [1.82, 2.24) is 4.98 Å². The number of hydrogen-bond acceptors (Lipinski definition) is 1. The third kappa shape index (κ3) is 1.70. The molecule has 0 radical (unpaired) electrons. The van der Waals surface area contributed by atoms with Crippen LogP contribution in [0.1, 0.15) is 5.56 Å². The Morgan fingerprint density at radius 1 is 1.17 bits per heavy atom. The van der Waals surface area contributed by atoms with E-state index in [1.165, 1.54) is 0 Å². The Hall–Kier alpha value is 0.0700. The fourth-order valence-corrected chi connectivity index (χ4v) is 1.99. The van der Waals surface area contributed by atoms with Gasteiger partial charge in [-0.2, -0.15) is 13.8 Å². The van der Waals surface area contributed by atoms with Crippen LogP contribution in [0.15, 0.2) is 0 Å². The van der Waals surface area contributed by atoms with E-state index >= 15 is 0 Å². The second-order valence-corrected chi connectivity index (χ2v) is 3.25. The maximum absolute atomic E-state index is 12.6. The molecule has 0 aliphatic heterocycles. The van der Waals surface area contributed by atoms with Gasteiger partial charge < -0.3 is 0 Å². The van der Waals surface area contributed by atoms with Crippen LogP contribution in [0.25, 0.3) is 0 Å². The topological polar surface area (TPSA) is 12.9 Å². The summed E-state index contributed by atoms with van der Waals surface area (Å²) in [6.45, 7) is 0. The lowest BCUT2D eigenvalue weighted by molar-refractivity contribution is 0.511. The van der Waals surface area contributed by atoms with E-state index in [2.05, 4.69) is 20.9 Å². The van der Waals surface area contributed by atoms with Gasteiger partial charge in [0.15, 0.2) is 0 Å². The highest BCUT2D eigenvalue weighted by Gasteiger charge is 2.15. The summed E-state index contributed by atoms with van der Waals surface area (Å²) < 4.78 is 25.3. The van der Waals surface area contributed by atoms with Crippen molar-refractivity contribution >= 4 is 39.1 Å². The first-order valence-corrected chi connectivity index (χ1v) is 4.70. The molecule has 0 unspecified atom stereocenters. The highest BCUT2D eigenvalue weighted by molar-refractivity contribution is 9.08. The molecule has 0 aliphatic carbocycles. The van der Waals surface area contributed by atoms with E-state index in [1.807, 2.05) is 0 Å². The van der Waals surface area contributed by atoms with Crippen LogP contribution in [-0.2, 0) is 5.33 Å². The highest BCUT2D eigenvalue weighted by atomic mass is 79.9. The third-order valence-electron chi connectivity index (χ3n) is 1.22. The molecule has 0 aliphatic rings. The normalized spacial score (nSPS) is 10.4. The van der Waals surface area contributed by atoms with E-state index in [-0.39, 0.29) is 20.9 Å². The first kappa shape index (κ1) is 10.2. The second kappa shape index (κ2) is 3.85. The van der Waals surface area contributed by atoms with Crippen molar-refractivity contribution < 1.29 is 8.78 Å². The smallest absolute Gasteiger partial charge is 0.188 e. The van der Waals surface area contributed by atoms with Gasteiger partial charge in [0.25, 0.3) is 0 Å². The van der Waals surface area contributed by atoms with E-state index in [1.54, 1.807) is 0 Å². The summed E-state index contributed by atoms with van der Waals surface area (Å²) >= 11 is 13.9. The number of pyridine rings is 1. The van der Waals surface area contributed by atoms with Crippen LogP contribution >= 0.6 is 39.1 Å². The van der Waals surface area contributed by atoms with Crippen LogP contribution < -0.4 is 0 Å². The zero-order valence-corrected chi connectivity index (χ0v) is 8.64. The number of alkyl halides is 1. The molecule has 1 rings (SSSR count). The standard InChI is InChI=1S/C6H2BrCl2F2N/c7-1-2-3(8)5(10)12-6(11)4(2)9/h1H2. The predicted molar refractivity (Wildman–Crippen MR) is 46.8 cm³/mol. The molecule has 1 heterocycles.